The zero-order chi connectivity index (χ0) is 21.1. The largest absolute Gasteiger partial charge is 0.416 e. The fraction of sp³-hybridized carbons (Fsp3) is 0.667. The monoisotopic (exact) mass is 422 g/mol. The highest BCUT2D eigenvalue weighted by Crippen LogP contribution is 2.61. The molecule has 9 heteroatoms. The smallest absolute Gasteiger partial charge is 0.385 e. The Kier molecular flexibility index (Phi) is 4.48. The van der Waals surface area contributed by atoms with Gasteiger partial charge in [-0.1, -0.05) is 4.85 Å². The van der Waals surface area contributed by atoms with Crippen LogP contribution in [-0.2, 0) is 11.0 Å². The number of aromatic nitrogens is 3. The van der Waals surface area contributed by atoms with Crippen molar-refractivity contribution in [2.45, 2.75) is 57.7 Å². The number of nitrogens with zero attached hydrogens (tertiary/aromatic N) is 3. The molecular weight excluding hydrogens is 397 g/mol. The number of alkyl halides is 3. The van der Waals surface area contributed by atoms with E-state index < -0.39 is 11.7 Å². The Morgan fingerprint density at radius 2 is 1.87 bits per heavy atom. The van der Waals surface area contributed by atoms with Crippen LogP contribution >= 0.6 is 0 Å². The maximum Gasteiger partial charge on any atom is 0.416 e. The summed E-state index contributed by atoms with van der Waals surface area (Å²) in [6, 6.07) is 3.15. The molecule has 4 fully saturated rings. The fourth-order valence-electron chi connectivity index (χ4n) is 6.43. The minimum Gasteiger partial charge on any atom is -0.385 e. The first-order chi connectivity index (χ1) is 14.2. The lowest BCUT2D eigenvalue weighted by Crippen LogP contribution is -2.56. The van der Waals surface area contributed by atoms with E-state index in [1.807, 2.05) is 0 Å². The number of carbonyl (C=O) groups is 1. The van der Waals surface area contributed by atoms with Gasteiger partial charge in [0, 0.05) is 6.04 Å². The van der Waals surface area contributed by atoms with E-state index in [1.165, 1.54) is 44.6 Å². The maximum absolute atomic E-state index is 13.0. The molecular formula is C21H25F3N4O2. The second-order valence-corrected chi connectivity index (χ2v) is 9.51. The van der Waals surface area contributed by atoms with Crippen molar-refractivity contribution in [3.63, 3.8) is 0 Å². The number of benzene rings is 1. The number of rotatable bonds is 5. The zero-order valence-corrected chi connectivity index (χ0v) is 16.8. The van der Waals surface area contributed by atoms with Crippen LogP contribution in [0.15, 0.2) is 18.2 Å². The molecule has 0 aliphatic heterocycles. The molecule has 1 atom stereocenters. The van der Waals surface area contributed by atoms with Crippen molar-refractivity contribution < 1.29 is 22.8 Å². The van der Waals surface area contributed by atoms with E-state index in [1.54, 1.807) is 0 Å². The lowest BCUT2D eigenvalue weighted by molar-refractivity contribution is -0.137. The van der Waals surface area contributed by atoms with Gasteiger partial charge in [-0.05, 0) is 92.0 Å². The Morgan fingerprint density at radius 1 is 1.23 bits per heavy atom. The van der Waals surface area contributed by atoms with Crippen molar-refractivity contribution in [3.8, 4) is 0 Å². The Bertz CT molecular complexity index is 936. The van der Waals surface area contributed by atoms with Crippen LogP contribution in [0.1, 0.15) is 51.0 Å². The van der Waals surface area contributed by atoms with E-state index in [9.17, 15) is 18.0 Å². The van der Waals surface area contributed by atoms with Gasteiger partial charge in [0.25, 0.3) is 5.91 Å². The molecule has 6 nitrogen and oxygen atoms in total. The Morgan fingerprint density at radius 3 is 2.47 bits per heavy atom. The molecule has 4 aliphatic rings. The molecule has 1 heterocycles. The highest BCUT2D eigenvalue weighted by Gasteiger charge is 2.53. The first-order valence-corrected chi connectivity index (χ1v) is 10.6. The molecule has 4 aliphatic carbocycles. The second-order valence-electron chi connectivity index (χ2n) is 9.51. The summed E-state index contributed by atoms with van der Waals surface area (Å²) in [6.45, 7) is 1.75. The molecule has 2 aromatic rings. The number of halogens is 3. The average Bonchev–Trinajstić information content (AvgIpc) is 3.07. The lowest BCUT2D eigenvalue weighted by atomic mass is 9.48. The number of hydrogen-bond acceptors (Lipinski definition) is 4. The predicted molar refractivity (Wildman–Crippen MR) is 102 cm³/mol. The molecule has 4 saturated carbocycles. The van der Waals surface area contributed by atoms with Crippen LogP contribution in [-0.4, -0.2) is 33.7 Å². The highest BCUT2D eigenvalue weighted by molar-refractivity contribution is 5.78. The number of fused-ring (bicyclic) bond motifs is 1. The molecule has 0 unspecified atom stereocenters. The minimum absolute atomic E-state index is 0.0475. The normalized spacial score (nSPS) is 31.1. The molecule has 1 aromatic heterocycles. The molecule has 0 radical (unpaired) electrons. The van der Waals surface area contributed by atoms with Gasteiger partial charge in [0.1, 0.15) is 11.0 Å². The van der Waals surface area contributed by atoms with E-state index in [2.05, 4.69) is 22.6 Å². The zero-order valence-electron chi connectivity index (χ0n) is 16.8. The average molecular weight is 422 g/mol. The number of hydrogen-bond donors (Lipinski definition) is 1. The summed E-state index contributed by atoms with van der Waals surface area (Å²) >= 11 is 0. The van der Waals surface area contributed by atoms with E-state index in [4.69, 9.17) is 4.84 Å². The van der Waals surface area contributed by atoms with Gasteiger partial charge in [0.05, 0.1) is 5.56 Å². The number of carbonyl (C=O) groups excluding carboxylic acids is 1. The topological polar surface area (TPSA) is 69.0 Å². The van der Waals surface area contributed by atoms with E-state index in [-0.39, 0.29) is 35.0 Å². The summed E-state index contributed by atoms with van der Waals surface area (Å²) in [5.74, 6) is 2.07. The summed E-state index contributed by atoms with van der Waals surface area (Å²) in [5, 5.41) is 10.6. The second kappa shape index (κ2) is 6.85. The molecule has 1 amide bonds. The van der Waals surface area contributed by atoms with Crippen LogP contribution in [0.4, 0.5) is 13.2 Å². The van der Waals surface area contributed by atoms with Crippen molar-refractivity contribution in [1.82, 2.24) is 20.5 Å². The molecule has 4 bridgehead atoms. The van der Waals surface area contributed by atoms with Crippen LogP contribution in [0, 0.1) is 23.2 Å². The van der Waals surface area contributed by atoms with Crippen molar-refractivity contribution in [2.24, 2.45) is 23.2 Å². The standard InChI is InChI=1S/C21H25F3N4O2/c1-12(20-8-13-4-14(9-20)6-15(5-13)10-20)25-19(29)11-30-28-18-7-16(21(22,23)24)2-3-17(18)26-27-28/h2-3,7,12-15H,4-6,8-11H2,1H3,(H,25,29)/t12-,13?,14?,15?,20?/m0/s1. The molecule has 6 rings (SSSR count). The summed E-state index contributed by atoms with van der Waals surface area (Å²) in [4.78, 5) is 18.8. The van der Waals surface area contributed by atoms with Crippen LogP contribution in [0.2, 0.25) is 0 Å². The summed E-state index contributed by atoms with van der Waals surface area (Å²) in [6.07, 6.45) is 3.06. The Hall–Kier alpha value is -2.32. The van der Waals surface area contributed by atoms with E-state index >= 15 is 0 Å². The Labute approximate surface area is 172 Å². The number of amides is 1. The third kappa shape index (κ3) is 3.41. The highest BCUT2D eigenvalue weighted by atomic mass is 19.4. The van der Waals surface area contributed by atoms with Crippen molar-refractivity contribution >= 4 is 16.9 Å². The summed E-state index contributed by atoms with van der Waals surface area (Å²) in [7, 11) is 0. The van der Waals surface area contributed by atoms with E-state index in [0.29, 0.717) is 0 Å². The van der Waals surface area contributed by atoms with Gasteiger partial charge in [-0.2, -0.15) is 13.2 Å². The summed E-state index contributed by atoms with van der Waals surface area (Å²) in [5.41, 5.74) is -0.300. The van der Waals surface area contributed by atoms with Gasteiger partial charge < -0.3 is 10.2 Å². The molecule has 162 valence electrons. The van der Waals surface area contributed by atoms with Crippen LogP contribution in [0.5, 0.6) is 0 Å². The predicted octanol–water partition coefficient (Wildman–Crippen LogP) is 3.60. The SMILES string of the molecule is C[C@H](NC(=O)COn1nnc2ccc(C(F)(F)F)cc21)C12CC3CC(CC(C3)C1)C2. The third-order valence-corrected chi connectivity index (χ3v) is 7.44. The van der Waals surface area contributed by atoms with Crippen molar-refractivity contribution in [1.29, 1.82) is 0 Å². The van der Waals surface area contributed by atoms with Gasteiger partial charge in [-0.3, -0.25) is 4.79 Å². The van der Waals surface area contributed by atoms with Crippen molar-refractivity contribution in [2.75, 3.05) is 6.61 Å². The van der Waals surface area contributed by atoms with Crippen molar-refractivity contribution in [3.05, 3.63) is 23.8 Å². The molecule has 1 N–H and O–H groups in total. The molecule has 0 saturated heterocycles. The van der Waals surface area contributed by atoms with Gasteiger partial charge in [0.15, 0.2) is 6.61 Å². The maximum atomic E-state index is 13.0. The third-order valence-electron chi connectivity index (χ3n) is 7.44. The molecule has 1 aromatic carbocycles. The first kappa shape index (κ1) is 19.6. The van der Waals surface area contributed by atoms with Gasteiger partial charge in [-0.15, -0.1) is 5.10 Å². The van der Waals surface area contributed by atoms with Gasteiger partial charge in [-0.25, -0.2) is 0 Å². The number of nitrogens with one attached hydrogen (secondary N) is 1. The Balaban J connectivity index is 1.23. The minimum atomic E-state index is -4.48. The van der Waals surface area contributed by atoms with Gasteiger partial charge in [0.2, 0.25) is 0 Å². The fourth-order valence-corrected chi connectivity index (χ4v) is 6.43. The van der Waals surface area contributed by atoms with Crippen LogP contribution < -0.4 is 10.2 Å². The first-order valence-electron chi connectivity index (χ1n) is 10.6. The quantitative estimate of drug-likeness (QED) is 0.800. The molecule has 0 spiro atoms. The summed E-state index contributed by atoms with van der Waals surface area (Å²) < 4.78 is 38.9. The van der Waals surface area contributed by atoms with Gasteiger partial charge >= 0.3 is 6.18 Å². The van der Waals surface area contributed by atoms with Crippen LogP contribution in [0.25, 0.3) is 11.0 Å². The lowest BCUT2D eigenvalue weighted by Gasteiger charge is -2.59. The molecule has 30 heavy (non-hydrogen) atoms. The van der Waals surface area contributed by atoms with E-state index in [0.717, 1.165) is 34.7 Å². The van der Waals surface area contributed by atoms with Crippen LogP contribution in [0.3, 0.4) is 0 Å².